The van der Waals surface area contributed by atoms with Crippen LogP contribution in [0.4, 0.5) is 11.5 Å². The summed E-state index contributed by atoms with van der Waals surface area (Å²) in [6.07, 6.45) is 4.52. The van der Waals surface area contributed by atoms with Crippen LogP contribution in [0.15, 0.2) is 41.7 Å². The number of anilines is 2. The van der Waals surface area contributed by atoms with Gasteiger partial charge in [0.05, 0.1) is 47.4 Å². The summed E-state index contributed by atoms with van der Waals surface area (Å²) < 4.78 is 8.31. The largest absolute Gasteiger partial charge is 0.507 e. The molecule has 0 bridgehead atoms. The molecule has 0 atom stereocenters. The average Bonchev–Trinajstić information content (AvgIpc) is 3.31. The van der Waals surface area contributed by atoms with Gasteiger partial charge in [0.15, 0.2) is 0 Å². The van der Waals surface area contributed by atoms with Gasteiger partial charge < -0.3 is 34.5 Å². The van der Waals surface area contributed by atoms with Gasteiger partial charge in [-0.25, -0.2) is 9.97 Å². The van der Waals surface area contributed by atoms with E-state index in [2.05, 4.69) is 20.6 Å². The lowest BCUT2D eigenvalue weighted by molar-refractivity contribution is -0.116. The molecule has 0 unspecified atom stereocenters. The summed E-state index contributed by atoms with van der Waals surface area (Å²) in [5, 5.41) is 16.4. The van der Waals surface area contributed by atoms with Gasteiger partial charge in [-0.05, 0) is 30.2 Å². The minimum atomic E-state index is -0.470. The topological polar surface area (TPSA) is 144 Å². The van der Waals surface area contributed by atoms with Crippen LogP contribution >= 0.6 is 11.6 Å². The summed E-state index contributed by atoms with van der Waals surface area (Å²) in [5.74, 6) is -0.332. The van der Waals surface area contributed by atoms with Gasteiger partial charge in [-0.1, -0.05) is 11.6 Å². The van der Waals surface area contributed by atoms with Crippen LogP contribution in [0, 0.1) is 6.92 Å². The SMILES string of the molecule is CNC(=O)c1cc(-c2cn(CC(=O)Nc3cc(N4CCOCC4)ncc3Cl)c3ncn(C)c(=O)c23)cc(C)c1O. The lowest BCUT2D eigenvalue weighted by Crippen LogP contribution is -2.36. The van der Waals surface area contributed by atoms with Crippen LogP contribution in [-0.4, -0.2) is 69.4 Å². The Labute approximate surface area is 234 Å². The number of benzene rings is 1. The number of amides is 2. The van der Waals surface area contributed by atoms with Crippen molar-refractivity contribution in [3.8, 4) is 16.9 Å². The number of nitrogens with zero attached hydrogens (tertiary/aromatic N) is 5. The average molecular weight is 566 g/mol. The molecule has 5 rings (SSSR count). The number of rotatable bonds is 6. The van der Waals surface area contributed by atoms with Crippen LogP contribution in [0.25, 0.3) is 22.2 Å². The van der Waals surface area contributed by atoms with Gasteiger partial charge >= 0.3 is 0 Å². The first-order valence-electron chi connectivity index (χ1n) is 12.6. The molecule has 0 spiro atoms. The van der Waals surface area contributed by atoms with E-state index in [9.17, 15) is 19.5 Å². The standard InChI is InChI=1S/C27H28ClN7O5/c1-15-8-16(9-17(24(15)37)26(38)29-2)18-12-35(25-23(18)27(39)33(3)14-31-25)13-22(36)32-20-10-21(30-11-19(20)28)34-4-6-40-7-5-34/h8-12,14,37H,4-7,13H2,1-3H3,(H,29,38)(H,30,32,36). The number of hydrogen-bond donors (Lipinski definition) is 3. The Morgan fingerprint density at radius 3 is 2.65 bits per heavy atom. The number of fused-ring (bicyclic) bond motifs is 1. The highest BCUT2D eigenvalue weighted by atomic mass is 35.5. The van der Waals surface area contributed by atoms with E-state index in [1.165, 1.54) is 30.2 Å². The van der Waals surface area contributed by atoms with E-state index in [0.29, 0.717) is 60.1 Å². The zero-order valence-electron chi connectivity index (χ0n) is 22.2. The first-order chi connectivity index (χ1) is 19.2. The van der Waals surface area contributed by atoms with E-state index in [1.54, 1.807) is 36.9 Å². The van der Waals surface area contributed by atoms with E-state index in [1.807, 2.05) is 4.90 Å². The molecule has 1 aromatic carbocycles. The van der Waals surface area contributed by atoms with E-state index in [0.717, 1.165) is 0 Å². The molecular formula is C27H28ClN7O5. The maximum absolute atomic E-state index is 13.2. The van der Waals surface area contributed by atoms with Crippen LogP contribution in [0.1, 0.15) is 15.9 Å². The van der Waals surface area contributed by atoms with E-state index < -0.39 is 5.91 Å². The number of nitrogens with one attached hydrogen (secondary N) is 2. The Hall–Kier alpha value is -4.42. The Morgan fingerprint density at radius 2 is 1.93 bits per heavy atom. The van der Waals surface area contributed by atoms with Crippen molar-refractivity contribution in [1.29, 1.82) is 0 Å². The number of hydrogen-bond acceptors (Lipinski definition) is 8. The summed E-state index contributed by atoms with van der Waals surface area (Å²) in [4.78, 5) is 49.7. The summed E-state index contributed by atoms with van der Waals surface area (Å²) in [5.41, 5.74) is 1.91. The number of carbonyl (C=O) groups is 2. The predicted molar refractivity (Wildman–Crippen MR) is 151 cm³/mol. The highest BCUT2D eigenvalue weighted by molar-refractivity contribution is 6.33. The van der Waals surface area contributed by atoms with Crippen LogP contribution in [0.2, 0.25) is 5.02 Å². The quantitative estimate of drug-likeness (QED) is 0.323. The first kappa shape index (κ1) is 27.2. The zero-order chi connectivity index (χ0) is 28.6. The van der Waals surface area contributed by atoms with Crippen LogP contribution in [-0.2, 0) is 23.1 Å². The second-order valence-corrected chi connectivity index (χ2v) is 9.88. The lowest BCUT2D eigenvalue weighted by atomic mass is 9.99. The number of carbonyl (C=O) groups excluding carboxylic acids is 2. The fourth-order valence-electron chi connectivity index (χ4n) is 4.68. The molecule has 1 fully saturated rings. The third kappa shape index (κ3) is 5.10. The van der Waals surface area contributed by atoms with Crippen molar-refractivity contribution in [1.82, 2.24) is 24.4 Å². The fraction of sp³-hybridized carbons (Fsp3) is 0.296. The molecule has 1 aliphatic heterocycles. The minimum Gasteiger partial charge on any atom is -0.507 e. The molecule has 2 amide bonds. The third-order valence-electron chi connectivity index (χ3n) is 6.78. The molecule has 0 saturated carbocycles. The van der Waals surface area contributed by atoms with Gasteiger partial charge in [-0.15, -0.1) is 0 Å². The molecular weight excluding hydrogens is 538 g/mol. The Kier molecular flexibility index (Phi) is 7.46. The predicted octanol–water partition coefficient (Wildman–Crippen LogP) is 2.30. The first-order valence-corrected chi connectivity index (χ1v) is 12.9. The number of aromatic hydroxyl groups is 1. The van der Waals surface area contributed by atoms with E-state index in [-0.39, 0.29) is 39.7 Å². The number of pyridine rings is 1. The Balaban J connectivity index is 1.51. The second-order valence-electron chi connectivity index (χ2n) is 9.47. The number of phenols is 1. The minimum absolute atomic E-state index is 0.0697. The molecule has 40 heavy (non-hydrogen) atoms. The maximum atomic E-state index is 13.2. The Morgan fingerprint density at radius 1 is 1.18 bits per heavy atom. The van der Waals surface area contributed by atoms with Gasteiger partial charge in [0.2, 0.25) is 5.91 Å². The molecule has 1 aliphatic rings. The van der Waals surface area contributed by atoms with Crippen molar-refractivity contribution in [3.05, 3.63) is 63.4 Å². The molecule has 12 nitrogen and oxygen atoms in total. The number of aromatic nitrogens is 4. The van der Waals surface area contributed by atoms with Gasteiger partial charge in [-0.3, -0.25) is 14.4 Å². The van der Waals surface area contributed by atoms with Gasteiger partial charge in [0, 0.05) is 45.0 Å². The van der Waals surface area contributed by atoms with Crippen molar-refractivity contribution in [3.63, 3.8) is 0 Å². The van der Waals surface area contributed by atoms with Crippen LogP contribution in [0.5, 0.6) is 5.75 Å². The third-order valence-corrected chi connectivity index (χ3v) is 7.09. The summed E-state index contributed by atoms with van der Waals surface area (Å²) in [6, 6.07) is 4.91. The van der Waals surface area contributed by atoms with Crippen molar-refractivity contribution in [2.75, 3.05) is 43.6 Å². The fourth-order valence-corrected chi connectivity index (χ4v) is 4.83. The summed E-state index contributed by atoms with van der Waals surface area (Å²) in [6.45, 7) is 4.04. The van der Waals surface area contributed by atoms with E-state index in [4.69, 9.17) is 16.3 Å². The summed E-state index contributed by atoms with van der Waals surface area (Å²) in [7, 11) is 3.05. The highest BCUT2D eigenvalue weighted by Gasteiger charge is 2.21. The maximum Gasteiger partial charge on any atom is 0.263 e. The molecule has 1 saturated heterocycles. The number of phenolic OH excluding ortho intramolecular Hbond substituents is 1. The van der Waals surface area contributed by atoms with Gasteiger partial charge in [-0.2, -0.15) is 0 Å². The molecule has 4 aromatic rings. The lowest BCUT2D eigenvalue weighted by Gasteiger charge is -2.28. The normalized spacial score (nSPS) is 13.4. The van der Waals surface area contributed by atoms with Crippen molar-refractivity contribution in [2.45, 2.75) is 13.5 Å². The smallest absolute Gasteiger partial charge is 0.263 e. The Bertz CT molecular complexity index is 1690. The second kappa shape index (κ2) is 11.0. The number of morpholine rings is 1. The zero-order valence-corrected chi connectivity index (χ0v) is 22.9. The van der Waals surface area contributed by atoms with Gasteiger partial charge in [0.1, 0.15) is 23.8 Å². The van der Waals surface area contributed by atoms with Crippen LogP contribution < -0.4 is 21.1 Å². The van der Waals surface area contributed by atoms with Crippen LogP contribution in [0.3, 0.4) is 0 Å². The van der Waals surface area contributed by atoms with Crippen molar-refractivity contribution >= 4 is 46.0 Å². The number of ether oxygens (including phenoxy) is 1. The van der Waals surface area contributed by atoms with Crippen molar-refractivity contribution < 1.29 is 19.4 Å². The molecule has 208 valence electrons. The molecule has 3 aromatic heterocycles. The molecule has 0 radical (unpaired) electrons. The van der Waals surface area contributed by atoms with E-state index >= 15 is 0 Å². The molecule has 4 heterocycles. The number of aryl methyl sites for hydroxylation is 2. The molecule has 13 heteroatoms. The van der Waals surface area contributed by atoms with Gasteiger partial charge in [0.25, 0.3) is 11.5 Å². The molecule has 0 aliphatic carbocycles. The monoisotopic (exact) mass is 565 g/mol. The highest BCUT2D eigenvalue weighted by Crippen LogP contribution is 2.33. The van der Waals surface area contributed by atoms with Crippen molar-refractivity contribution in [2.24, 2.45) is 7.05 Å². The number of halogens is 1. The summed E-state index contributed by atoms with van der Waals surface area (Å²) >= 11 is 6.34. The molecule has 3 N–H and O–H groups in total.